The molecule has 0 saturated carbocycles. The van der Waals surface area contributed by atoms with Crippen LogP contribution < -0.4 is 5.32 Å². The van der Waals surface area contributed by atoms with E-state index in [4.69, 9.17) is 0 Å². The van der Waals surface area contributed by atoms with Gasteiger partial charge in [0.25, 0.3) is 0 Å². The van der Waals surface area contributed by atoms with E-state index >= 15 is 0 Å². The van der Waals surface area contributed by atoms with E-state index in [-0.39, 0.29) is 17.3 Å². The van der Waals surface area contributed by atoms with Gasteiger partial charge in [-0.3, -0.25) is 4.79 Å². The van der Waals surface area contributed by atoms with Gasteiger partial charge in [-0.05, 0) is 41.3 Å². The molecule has 1 amide bonds. The first-order chi connectivity index (χ1) is 19.6. The first-order valence-electron chi connectivity index (χ1n) is 11.5. The molecule has 1 N–H and O–H groups in total. The Labute approximate surface area is 239 Å². The summed E-state index contributed by atoms with van der Waals surface area (Å²) >= 11 is 1.46. The third-order valence-electron chi connectivity index (χ3n) is 5.60. The molecule has 4 aromatic rings. The molecule has 0 aliphatic rings. The Kier molecular flexibility index (Phi) is 8.60. The first kappa shape index (κ1) is 30.9. The summed E-state index contributed by atoms with van der Waals surface area (Å²) in [6.45, 7) is 0. The lowest BCUT2D eigenvalue weighted by atomic mass is 10.1. The maximum atomic E-state index is 14.0. The van der Waals surface area contributed by atoms with Crippen LogP contribution in [0.25, 0.3) is 10.6 Å². The average molecular weight is 632 g/mol. The number of nitrogens with one attached hydrogen (secondary N) is 1. The van der Waals surface area contributed by atoms with Crippen LogP contribution in [-0.4, -0.2) is 10.9 Å². The Morgan fingerprint density at radius 2 is 1.48 bits per heavy atom. The van der Waals surface area contributed by atoms with Crippen molar-refractivity contribution >= 4 is 34.7 Å². The summed E-state index contributed by atoms with van der Waals surface area (Å²) in [6.07, 6.45) is -15.4. The normalized spacial score (nSPS) is 13.0. The maximum absolute atomic E-state index is 14.0. The molecule has 4 nitrogen and oxygen atoms in total. The fourth-order valence-corrected chi connectivity index (χ4v) is 5.53. The van der Waals surface area contributed by atoms with Crippen molar-refractivity contribution in [3.8, 4) is 16.6 Å². The number of nitriles is 1. The van der Waals surface area contributed by atoms with Gasteiger partial charge < -0.3 is 5.32 Å². The van der Waals surface area contributed by atoms with E-state index in [2.05, 4.69) is 4.98 Å². The maximum Gasteiger partial charge on any atom is 0.417 e. The van der Waals surface area contributed by atoms with Crippen LogP contribution in [0.5, 0.6) is 0 Å². The average Bonchev–Trinajstić information content (AvgIpc) is 3.45. The zero-order chi connectivity index (χ0) is 30.9. The number of anilines is 1. The summed E-state index contributed by atoms with van der Waals surface area (Å²) in [5, 5.41) is 11.2. The standard InChI is InChI=1S/C27H14F9N3OS2/c28-25(29,30)15-9-16(26(31,32)33)11-17(10-15)38-23(40)22(14-5-2-1-3-6-14)42-24-18(13-37)19(27(34,35)36)12-20(39-24)21-7-4-8-41-21/h1-12,22H,(H,38,40)/t22-/m1/s1. The number of rotatable bonds is 6. The minimum Gasteiger partial charge on any atom is -0.325 e. The summed E-state index contributed by atoms with van der Waals surface area (Å²) in [4.78, 5) is 17.9. The Hall–Kier alpha value is -4.03. The molecule has 0 spiro atoms. The molecule has 42 heavy (non-hydrogen) atoms. The highest BCUT2D eigenvalue weighted by molar-refractivity contribution is 8.00. The van der Waals surface area contributed by atoms with E-state index in [9.17, 15) is 49.6 Å². The molecule has 15 heteroatoms. The van der Waals surface area contributed by atoms with Gasteiger partial charge in [-0.2, -0.15) is 44.8 Å². The van der Waals surface area contributed by atoms with Crippen LogP contribution in [0, 0.1) is 11.3 Å². The van der Waals surface area contributed by atoms with Crippen molar-refractivity contribution in [2.24, 2.45) is 0 Å². The second kappa shape index (κ2) is 11.7. The number of carbonyl (C=O) groups excluding carboxylic acids is 1. The van der Waals surface area contributed by atoms with E-state index in [0.717, 1.165) is 11.3 Å². The van der Waals surface area contributed by atoms with Crippen LogP contribution in [-0.2, 0) is 23.3 Å². The van der Waals surface area contributed by atoms with Gasteiger partial charge in [-0.1, -0.05) is 48.2 Å². The summed E-state index contributed by atoms with van der Waals surface area (Å²) in [5.41, 5.74) is -6.46. The van der Waals surface area contributed by atoms with E-state index in [1.165, 1.54) is 36.4 Å². The second-order valence-corrected chi connectivity index (χ2v) is 10.6. The molecule has 4 rings (SSSR count). The molecule has 0 aliphatic heterocycles. The van der Waals surface area contributed by atoms with Crippen molar-refractivity contribution in [2.45, 2.75) is 28.8 Å². The zero-order valence-electron chi connectivity index (χ0n) is 20.5. The van der Waals surface area contributed by atoms with Crippen molar-refractivity contribution < 1.29 is 44.3 Å². The molecule has 0 radical (unpaired) electrons. The van der Waals surface area contributed by atoms with Crippen LogP contribution in [0.3, 0.4) is 0 Å². The summed E-state index contributed by atoms with van der Waals surface area (Å²) in [6, 6.07) is 12.9. The smallest absolute Gasteiger partial charge is 0.325 e. The van der Waals surface area contributed by atoms with Crippen molar-refractivity contribution in [3.63, 3.8) is 0 Å². The first-order valence-corrected chi connectivity index (χ1v) is 13.2. The number of carbonyl (C=O) groups is 1. The van der Waals surface area contributed by atoms with Crippen LogP contribution in [0.2, 0.25) is 0 Å². The van der Waals surface area contributed by atoms with Crippen molar-refractivity contribution in [3.05, 3.63) is 99.9 Å². The van der Waals surface area contributed by atoms with Gasteiger partial charge in [-0.15, -0.1) is 11.3 Å². The molecular weight excluding hydrogens is 617 g/mol. The summed E-state index contributed by atoms with van der Waals surface area (Å²) < 4.78 is 122. The third kappa shape index (κ3) is 7.05. The Morgan fingerprint density at radius 1 is 0.857 bits per heavy atom. The summed E-state index contributed by atoms with van der Waals surface area (Å²) in [7, 11) is 0. The van der Waals surface area contributed by atoms with E-state index in [0.29, 0.717) is 34.8 Å². The van der Waals surface area contributed by atoms with Gasteiger partial charge in [0.05, 0.1) is 32.8 Å². The van der Waals surface area contributed by atoms with Gasteiger partial charge in [0.15, 0.2) is 0 Å². The highest BCUT2D eigenvalue weighted by atomic mass is 32.2. The number of hydrogen-bond donors (Lipinski definition) is 1. The van der Waals surface area contributed by atoms with Gasteiger partial charge in [0.2, 0.25) is 5.91 Å². The monoisotopic (exact) mass is 631 g/mol. The largest absolute Gasteiger partial charge is 0.417 e. The van der Waals surface area contributed by atoms with E-state index < -0.39 is 62.7 Å². The van der Waals surface area contributed by atoms with E-state index in [1.54, 1.807) is 17.5 Å². The fraction of sp³-hybridized carbons (Fsp3) is 0.148. The lowest BCUT2D eigenvalue weighted by Gasteiger charge is -2.20. The second-order valence-electron chi connectivity index (χ2n) is 8.51. The molecule has 2 aromatic carbocycles. The molecule has 218 valence electrons. The van der Waals surface area contributed by atoms with Crippen molar-refractivity contribution in [2.75, 3.05) is 5.32 Å². The predicted octanol–water partition coefficient (Wildman–Crippen LogP) is 9.21. The number of thiophene rings is 1. The predicted molar refractivity (Wildman–Crippen MR) is 137 cm³/mol. The number of hydrogen-bond acceptors (Lipinski definition) is 5. The molecule has 2 aromatic heterocycles. The van der Waals surface area contributed by atoms with Crippen LogP contribution in [0.4, 0.5) is 45.2 Å². The van der Waals surface area contributed by atoms with Crippen LogP contribution in [0.1, 0.15) is 33.1 Å². The molecule has 0 aliphatic carbocycles. The highest BCUT2D eigenvalue weighted by Gasteiger charge is 2.39. The number of aromatic nitrogens is 1. The number of thioether (sulfide) groups is 1. The Balaban J connectivity index is 1.82. The number of benzene rings is 2. The van der Waals surface area contributed by atoms with E-state index in [1.807, 2.05) is 5.32 Å². The number of halogens is 9. The number of alkyl halides is 9. The minimum atomic E-state index is -5.18. The SMILES string of the molecule is N#Cc1c(C(F)(F)F)cc(-c2cccs2)nc1S[C@@H](C(=O)Nc1cc(C(F)(F)F)cc(C(F)(F)F)c1)c1ccccc1. The van der Waals surface area contributed by atoms with Gasteiger partial charge in [0.1, 0.15) is 16.3 Å². The molecular formula is C27H14F9N3OS2. The van der Waals surface area contributed by atoms with Crippen molar-refractivity contribution in [1.29, 1.82) is 5.26 Å². The topological polar surface area (TPSA) is 65.8 Å². The highest BCUT2D eigenvalue weighted by Crippen LogP contribution is 2.44. The molecule has 1 atom stereocenters. The Morgan fingerprint density at radius 3 is 1.98 bits per heavy atom. The quantitative estimate of drug-likeness (QED) is 0.170. The lowest BCUT2D eigenvalue weighted by Crippen LogP contribution is -2.21. The Bertz CT molecular complexity index is 1590. The number of amides is 1. The van der Waals surface area contributed by atoms with Gasteiger partial charge in [0, 0.05) is 5.69 Å². The molecule has 2 heterocycles. The third-order valence-corrected chi connectivity index (χ3v) is 7.74. The molecule has 0 fully saturated rings. The van der Waals surface area contributed by atoms with Crippen LogP contribution >= 0.6 is 23.1 Å². The minimum absolute atomic E-state index is 0.114. The number of pyridine rings is 1. The van der Waals surface area contributed by atoms with Gasteiger partial charge in [-0.25, -0.2) is 4.98 Å². The zero-order valence-corrected chi connectivity index (χ0v) is 22.2. The molecule has 0 saturated heterocycles. The fourth-order valence-electron chi connectivity index (χ4n) is 3.74. The number of nitrogens with zero attached hydrogens (tertiary/aromatic N) is 2. The van der Waals surface area contributed by atoms with Crippen molar-refractivity contribution in [1.82, 2.24) is 4.98 Å². The molecule has 0 bridgehead atoms. The summed E-state index contributed by atoms with van der Waals surface area (Å²) in [5.74, 6) is -1.17. The lowest BCUT2D eigenvalue weighted by molar-refractivity contribution is -0.143. The molecule has 0 unspecified atom stereocenters. The van der Waals surface area contributed by atoms with Crippen LogP contribution in [0.15, 0.2) is 77.1 Å². The van der Waals surface area contributed by atoms with Gasteiger partial charge >= 0.3 is 18.5 Å².